The van der Waals surface area contributed by atoms with E-state index in [4.69, 9.17) is 17.4 Å². The van der Waals surface area contributed by atoms with Crippen molar-refractivity contribution in [1.82, 2.24) is 0 Å². The molecule has 6 heteroatoms. The van der Waals surface area contributed by atoms with E-state index in [2.05, 4.69) is 10.2 Å². The second kappa shape index (κ2) is 5.70. The van der Waals surface area contributed by atoms with Crippen LogP contribution in [0.15, 0.2) is 18.2 Å². The Hall–Kier alpha value is -0.970. The lowest BCUT2D eigenvalue weighted by atomic mass is 10.2. The number of anilines is 1. The molecule has 0 bridgehead atoms. The SMILES string of the molecule is COC(=O)c1ccc(Cl)c(NN)c1.Cl. The maximum atomic E-state index is 11.1. The number of methoxy groups -OCH3 is 1. The summed E-state index contributed by atoms with van der Waals surface area (Å²) in [5, 5.41) is 0.454. The molecular weight excluding hydrogens is 227 g/mol. The van der Waals surface area contributed by atoms with E-state index < -0.39 is 5.97 Å². The van der Waals surface area contributed by atoms with Crippen LogP contribution < -0.4 is 11.3 Å². The lowest BCUT2D eigenvalue weighted by Crippen LogP contribution is -2.09. The average molecular weight is 237 g/mol. The van der Waals surface area contributed by atoms with Crippen molar-refractivity contribution in [1.29, 1.82) is 0 Å². The normalized spacial score (nSPS) is 8.79. The third-order valence-electron chi connectivity index (χ3n) is 1.54. The molecule has 0 unspecified atom stereocenters. The minimum absolute atomic E-state index is 0. The predicted octanol–water partition coefficient (Wildman–Crippen LogP) is 1.83. The second-order valence-electron chi connectivity index (χ2n) is 2.33. The Labute approximate surface area is 92.8 Å². The van der Waals surface area contributed by atoms with Gasteiger partial charge in [-0.25, -0.2) is 4.79 Å². The number of rotatable bonds is 2. The molecule has 0 spiro atoms. The number of hydrogen-bond donors (Lipinski definition) is 2. The maximum Gasteiger partial charge on any atom is 0.337 e. The van der Waals surface area contributed by atoms with Crippen molar-refractivity contribution in [2.24, 2.45) is 5.84 Å². The number of hydrogen-bond acceptors (Lipinski definition) is 4. The molecule has 1 rings (SSSR count). The van der Waals surface area contributed by atoms with Gasteiger partial charge in [0.1, 0.15) is 0 Å². The summed E-state index contributed by atoms with van der Waals surface area (Å²) >= 11 is 5.75. The van der Waals surface area contributed by atoms with Crippen molar-refractivity contribution in [2.75, 3.05) is 12.5 Å². The number of ether oxygens (including phenoxy) is 1. The van der Waals surface area contributed by atoms with Crippen LogP contribution >= 0.6 is 24.0 Å². The third kappa shape index (κ3) is 2.77. The molecule has 0 amide bonds. The number of benzene rings is 1. The molecule has 0 saturated heterocycles. The van der Waals surface area contributed by atoms with Crippen LogP contribution in [0.5, 0.6) is 0 Å². The van der Waals surface area contributed by atoms with E-state index in [0.29, 0.717) is 16.3 Å². The minimum atomic E-state index is -0.423. The number of halogens is 2. The van der Waals surface area contributed by atoms with Gasteiger partial charge >= 0.3 is 5.97 Å². The first-order chi connectivity index (χ1) is 6.19. The van der Waals surface area contributed by atoms with Crippen LogP contribution in [0, 0.1) is 0 Å². The van der Waals surface area contributed by atoms with Gasteiger partial charge in [0.05, 0.1) is 23.4 Å². The summed E-state index contributed by atoms with van der Waals surface area (Å²) in [6, 6.07) is 4.66. The molecule has 0 aliphatic rings. The van der Waals surface area contributed by atoms with Gasteiger partial charge in [0, 0.05) is 0 Å². The molecule has 0 fully saturated rings. The molecule has 0 aliphatic carbocycles. The van der Waals surface area contributed by atoms with E-state index in [1.54, 1.807) is 12.1 Å². The van der Waals surface area contributed by atoms with E-state index in [1.807, 2.05) is 0 Å². The molecule has 14 heavy (non-hydrogen) atoms. The smallest absolute Gasteiger partial charge is 0.337 e. The summed E-state index contributed by atoms with van der Waals surface area (Å²) in [6.45, 7) is 0. The van der Waals surface area contributed by atoms with Crippen LogP contribution in [-0.4, -0.2) is 13.1 Å². The molecule has 0 heterocycles. The second-order valence-corrected chi connectivity index (χ2v) is 2.74. The Balaban J connectivity index is 0.00000169. The summed E-state index contributed by atoms with van der Waals surface area (Å²) in [4.78, 5) is 11.1. The zero-order valence-corrected chi connectivity index (χ0v) is 8.98. The largest absolute Gasteiger partial charge is 0.465 e. The quantitative estimate of drug-likeness (QED) is 0.468. The highest BCUT2D eigenvalue weighted by Crippen LogP contribution is 2.22. The van der Waals surface area contributed by atoms with Crippen LogP contribution in [0.3, 0.4) is 0 Å². The van der Waals surface area contributed by atoms with Crippen LogP contribution in [0.2, 0.25) is 5.02 Å². The van der Waals surface area contributed by atoms with Gasteiger partial charge in [-0.1, -0.05) is 11.6 Å². The number of esters is 1. The van der Waals surface area contributed by atoms with E-state index in [9.17, 15) is 4.79 Å². The average Bonchev–Trinajstić information content (AvgIpc) is 2.17. The molecule has 78 valence electrons. The first-order valence-corrected chi connectivity index (χ1v) is 3.91. The van der Waals surface area contributed by atoms with Crippen molar-refractivity contribution in [3.8, 4) is 0 Å². The van der Waals surface area contributed by atoms with E-state index >= 15 is 0 Å². The summed E-state index contributed by atoms with van der Waals surface area (Å²) in [5.41, 5.74) is 3.27. The maximum absolute atomic E-state index is 11.1. The van der Waals surface area contributed by atoms with Crippen molar-refractivity contribution >= 4 is 35.7 Å². The van der Waals surface area contributed by atoms with Gasteiger partial charge < -0.3 is 10.2 Å². The Morgan fingerprint density at radius 1 is 1.57 bits per heavy atom. The molecule has 1 aromatic carbocycles. The van der Waals surface area contributed by atoms with Crippen molar-refractivity contribution in [3.63, 3.8) is 0 Å². The zero-order valence-electron chi connectivity index (χ0n) is 7.41. The lowest BCUT2D eigenvalue weighted by molar-refractivity contribution is 0.0601. The molecule has 0 aromatic heterocycles. The number of nitrogens with two attached hydrogens (primary N) is 1. The summed E-state index contributed by atoms with van der Waals surface area (Å²) in [7, 11) is 1.31. The van der Waals surface area contributed by atoms with Gasteiger partial charge in [0.25, 0.3) is 0 Å². The molecule has 0 atom stereocenters. The minimum Gasteiger partial charge on any atom is -0.465 e. The summed E-state index contributed by atoms with van der Waals surface area (Å²) in [6.07, 6.45) is 0. The number of carbonyl (C=O) groups is 1. The van der Waals surface area contributed by atoms with Gasteiger partial charge in [-0.2, -0.15) is 0 Å². The molecule has 3 N–H and O–H groups in total. The Kier molecular flexibility index (Phi) is 5.30. The highest BCUT2D eigenvalue weighted by Gasteiger charge is 2.07. The number of nitrogen functional groups attached to an aromatic ring is 1. The Morgan fingerprint density at radius 3 is 2.71 bits per heavy atom. The summed E-state index contributed by atoms with van der Waals surface area (Å²) < 4.78 is 4.53. The fourth-order valence-electron chi connectivity index (χ4n) is 0.881. The Bertz CT molecular complexity index is 331. The van der Waals surface area contributed by atoms with Crippen LogP contribution in [0.4, 0.5) is 5.69 Å². The number of nitrogens with one attached hydrogen (secondary N) is 1. The van der Waals surface area contributed by atoms with E-state index in [-0.39, 0.29) is 12.4 Å². The number of carbonyl (C=O) groups excluding carboxylic acids is 1. The highest BCUT2D eigenvalue weighted by atomic mass is 35.5. The van der Waals surface area contributed by atoms with Gasteiger partial charge in [-0.3, -0.25) is 5.84 Å². The van der Waals surface area contributed by atoms with Crippen LogP contribution in [0.25, 0.3) is 0 Å². The molecular formula is C8H10Cl2N2O2. The van der Waals surface area contributed by atoms with Crippen molar-refractivity contribution in [2.45, 2.75) is 0 Å². The van der Waals surface area contributed by atoms with E-state index in [0.717, 1.165) is 0 Å². The monoisotopic (exact) mass is 236 g/mol. The van der Waals surface area contributed by atoms with Gasteiger partial charge in [0.2, 0.25) is 0 Å². The zero-order chi connectivity index (χ0) is 9.84. The fraction of sp³-hybridized carbons (Fsp3) is 0.125. The lowest BCUT2D eigenvalue weighted by Gasteiger charge is -2.04. The molecule has 0 aliphatic heterocycles. The van der Waals surface area contributed by atoms with Gasteiger partial charge in [-0.15, -0.1) is 12.4 Å². The van der Waals surface area contributed by atoms with Crippen molar-refractivity contribution < 1.29 is 9.53 Å². The highest BCUT2D eigenvalue weighted by molar-refractivity contribution is 6.33. The fourth-order valence-corrected chi connectivity index (χ4v) is 1.05. The molecule has 0 radical (unpaired) electrons. The topological polar surface area (TPSA) is 64.3 Å². The molecule has 1 aromatic rings. The van der Waals surface area contributed by atoms with Crippen LogP contribution in [0.1, 0.15) is 10.4 Å². The molecule has 0 saturated carbocycles. The van der Waals surface area contributed by atoms with Gasteiger partial charge in [0.15, 0.2) is 0 Å². The first-order valence-electron chi connectivity index (χ1n) is 3.53. The van der Waals surface area contributed by atoms with Gasteiger partial charge in [-0.05, 0) is 18.2 Å². The van der Waals surface area contributed by atoms with E-state index in [1.165, 1.54) is 13.2 Å². The summed E-state index contributed by atoms with van der Waals surface area (Å²) in [5.74, 6) is 4.75. The standard InChI is InChI=1S/C8H9ClN2O2.ClH/c1-13-8(12)5-2-3-6(9)7(4-5)11-10;/h2-4,11H,10H2,1H3;1H. The van der Waals surface area contributed by atoms with Crippen LogP contribution in [-0.2, 0) is 4.74 Å². The third-order valence-corrected chi connectivity index (χ3v) is 1.87. The first kappa shape index (κ1) is 13.0. The predicted molar refractivity (Wildman–Crippen MR) is 57.8 cm³/mol. The number of hydrazine groups is 1. The Morgan fingerprint density at radius 2 is 2.21 bits per heavy atom. The van der Waals surface area contributed by atoms with Crippen molar-refractivity contribution in [3.05, 3.63) is 28.8 Å². The molecule has 4 nitrogen and oxygen atoms in total.